The summed E-state index contributed by atoms with van der Waals surface area (Å²) in [5, 5.41) is 6.52. The van der Waals surface area contributed by atoms with Crippen molar-refractivity contribution in [1.82, 2.24) is 10.2 Å². The Balaban J connectivity index is 1.34. The van der Waals surface area contributed by atoms with E-state index in [0.717, 1.165) is 27.9 Å². The van der Waals surface area contributed by atoms with E-state index in [1.54, 1.807) is 6.07 Å². The number of rotatable bonds is 4. The molecule has 1 saturated heterocycles. The number of carbonyl (C=O) groups is 2. The normalized spacial score (nSPS) is 13.3. The fourth-order valence-electron chi connectivity index (χ4n) is 4.42. The Morgan fingerprint density at radius 1 is 0.889 bits per heavy atom. The molecule has 2 N–H and O–H groups in total. The summed E-state index contributed by atoms with van der Waals surface area (Å²) >= 11 is 11.9. The Hall–Kier alpha value is -3.42. The van der Waals surface area contributed by atoms with Crippen LogP contribution < -0.4 is 15.5 Å². The zero-order valence-electron chi connectivity index (χ0n) is 20.6. The molecule has 0 bridgehead atoms. The fourth-order valence-corrected chi connectivity index (χ4v) is 4.93. The first-order chi connectivity index (χ1) is 17.2. The molecule has 186 valence electrons. The van der Waals surface area contributed by atoms with Gasteiger partial charge in [-0.15, -0.1) is 0 Å². The number of amides is 2. The van der Waals surface area contributed by atoms with Gasteiger partial charge in [-0.2, -0.15) is 0 Å². The zero-order chi connectivity index (χ0) is 25.8. The summed E-state index contributed by atoms with van der Waals surface area (Å²) < 4.78 is 0. The number of anilines is 2. The summed E-state index contributed by atoms with van der Waals surface area (Å²) in [6.45, 7) is 8.48. The van der Waals surface area contributed by atoms with E-state index in [1.807, 2.05) is 80.3 Å². The van der Waals surface area contributed by atoms with Crippen LogP contribution in [0.3, 0.4) is 0 Å². The molecular weight excluding hydrogens is 492 g/mol. The number of benzene rings is 3. The molecule has 6 nitrogen and oxygen atoms in total. The molecular formula is C28H29ClN4O2S. The summed E-state index contributed by atoms with van der Waals surface area (Å²) in [6.07, 6.45) is 0. The van der Waals surface area contributed by atoms with E-state index in [-0.39, 0.29) is 16.9 Å². The summed E-state index contributed by atoms with van der Waals surface area (Å²) in [7, 11) is 0. The lowest BCUT2D eigenvalue weighted by Crippen LogP contribution is -2.49. The van der Waals surface area contributed by atoms with Crippen LogP contribution in [0.5, 0.6) is 0 Å². The van der Waals surface area contributed by atoms with E-state index in [9.17, 15) is 9.59 Å². The molecule has 2 amide bonds. The number of aryl methyl sites for hydroxylation is 3. The monoisotopic (exact) mass is 520 g/mol. The van der Waals surface area contributed by atoms with Gasteiger partial charge >= 0.3 is 0 Å². The molecule has 0 saturated carbocycles. The smallest absolute Gasteiger partial charge is 0.257 e. The number of thiocarbonyl (C=S) groups is 1. The zero-order valence-corrected chi connectivity index (χ0v) is 22.2. The number of halogens is 1. The van der Waals surface area contributed by atoms with Crippen molar-refractivity contribution in [2.75, 3.05) is 36.4 Å². The van der Waals surface area contributed by atoms with Gasteiger partial charge in [0.1, 0.15) is 0 Å². The van der Waals surface area contributed by atoms with Crippen LogP contribution in [-0.2, 0) is 0 Å². The fraction of sp³-hybridized carbons (Fsp3) is 0.250. The van der Waals surface area contributed by atoms with Gasteiger partial charge in [0, 0.05) is 43.0 Å². The molecule has 8 heteroatoms. The van der Waals surface area contributed by atoms with Gasteiger partial charge in [0.15, 0.2) is 5.11 Å². The van der Waals surface area contributed by atoms with Crippen molar-refractivity contribution in [1.29, 1.82) is 0 Å². The topological polar surface area (TPSA) is 64.7 Å². The van der Waals surface area contributed by atoms with E-state index in [2.05, 4.69) is 15.5 Å². The first-order valence-electron chi connectivity index (χ1n) is 11.8. The van der Waals surface area contributed by atoms with Crippen LogP contribution in [0.25, 0.3) is 0 Å². The Labute approximate surface area is 222 Å². The Kier molecular flexibility index (Phi) is 7.91. The SMILES string of the molecule is Cc1cc(C)cc(C(=O)NC(=S)Nc2ccc(N3CCN(C(=O)c4ccccc4C)CC3)c(Cl)c2)c1. The number of carbonyl (C=O) groups excluding carboxylic acids is 2. The minimum atomic E-state index is -0.264. The molecule has 0 atom stereocenters. The van der Waals surface area contributed by atoms with Gasteiger partial charge in [0.25, 0.3) is 11.8 Å². The van der Waals surface area contributed by atoms with Gasteiger partial charge in [-0.05, 0) is 75.0 Å². The minimum Gasteiger partial charge on any atom is -0.367 e. The third-order valence-corrected chi connectivity index (χ3v) is 6.71. The average molecular weight is 521 g/mol. The number of nitrogens with zero attached hydrogens (tertiary/aromatic N) is 2. The summed E-state index contributed by atoms with van der Waals surface area (Å²) in [4.78, 5) is 29.5. The largest absolute Gasteiger partial charge is 0.367 e. The van der Waals surface area contributed by atoms with Crippen LogP contribution in [0, 0.1) is 20.8 Å². The maximum Gasteiger partial charge on any atom is 0.257 e. The second-order valence-corrected chi connectivity index (χ2v) is 9.86. The van der Waals surface area contributed by atoms with Gasteiger partial charge in [-0.1, -0.05) is 47.0 Å². The molecule has 3 aromatic carbocycles. The van der Waals surface area contributed by atoms with Gasteiger partial charge < -0.3 is 15.1 Å². The van der Waals surface area contributed by atoms with Crippen molar-refractivity contribution in [2.24, 2.45) is 0 Å². The number of piperazine rings is 1. The van der Waals surface area contributed by atoms with Crippen molar-refractivity contribution in [2.45, 2.75) is 20.8 Å². The summed E-state index contributed by atoms with van der Waals surface area (Å²) in [5.74, 6) is -0.199. The second-order valence-electron chi connectivity index (χ2n) is 9.04. The number of hydrogen-bond acceptors (Lipinski definition) is 4. The number of hydrogen-bond donors (Lipinski definition) is 2. The van der Waals surface area contributed by atoms with E-state index in [1.165, 1.54) is 0 Å². The molecule has 1 aliphatic rings. The molecule has 0 aromatic heterocycles. The van der Waals surface area contributed by atoms with Crippen molar-refractivity contribution >= 4 is 52.1 Å². The highest BCUT2D eigenvalue weighted by Crippen LogP contribution is 2.30. The van der Waals surface area contributed by atoms with Crippen LogP contribution in [0.1, 0.15) is 37.4 Å². The highest BCUT2D eigenvalue weighted by atomic mass is 35.5. The predicted molar refractivity (Wildman–Crippen MR) is 150 cm³/mol. The molecule has 36 heavy (non-hydrogen) atoms. The van der Waals surface area contributed by atoms with Crippen molar-refractivity contribution in [3.63, 3.8) is 0 Å². The summed E-state index contributed by atoms with van der Waals surface area (Å²) in [5.41, 5.74) is 5.91. The van der Waals surface area contributed by atoms with Crippen LogP contribution in [0.15, 0.2) is 60.7 Å². The highest BCUT2D eigenvalue weighted by molar-refractivity contribution is 7.80. The van der Waals surface area contributed by atoms with Crippen molar-refractivity contribution in [3.8, 4) is 0 Å². The average Bonchev–Trinajstić information content (AvgIpc) is 2.83. The van der Waals surface area contributed by atoms with E-state index >= 15 is 0 Å². The molecule has 0 aliphatic carbocycles. The molecule has 4 rings (SSSR count). The molecule has 0 spiro atoms. The van der Waals surface area contributed by atoms with Gasteiger partial charge in [-0.25, -0.2) is 0 Å². The lowest BCUT2D eigenvalue weighted by molar-refractivity contribution is 0.0746. The minimum absolute atomic E-state index is 0.0646. The van der Waals surface area contributed by atoms with Gasteiger partial charge in [0.05, 0.1) is 10.7 Å². The van der Waals surface area contributed by atoms with Crippen LogP contribution >= 0.6 is 23.8 Å². The molecule has 1 fully saturated rings. The van der Waals surface area contributed by atoms with Crippen LogP contribution in [0.4, 0.5) is 11.4 Å². The molecule has 0 radical (unpaired) electrons. The van der Waals surface area contributed by atoms with Crippen LogP contribution in [0.2, 0.25) is 5.02 Å². The van der Waals surface area contributed by atoms with E-state index in [4.69, 9.17) is 23.8 Å². The first kappa shape index (κ1) is 25.7. The third-order valence-electron chi connectivity index (χ3n) is 6.20. The van der Waals surface area contributed by atoms with Crippen molar-refractivity contribution < 1.29 is 9.59 Å². The Morgan fingerprint density at radius 2 is 1.56 bits per heavy atom. The predicted octanol–water partition coefficient (Wildman–Crippen LogP) is 5.35. The lowest BCUT2D eigenvalue weighted by Gasteiger charge is -2.36. The lowest BCUT2D eigenvalue weighted by atomic mass is 10.1. The van der Waals surface area contributed by atoms with E-state index in [0.29, 0.717) is 42.5 Å². The molecule has 1 aliphatic heterocycles. The second kappa shape index (κ2) is 11.1. The maximum absolute atomic E-state index is 12.9. The van der Waals surface area contributed by atoms with Gasteiger partial charge in [-0.3, -0.25) is 14.9 Å². The third kappa shape index (κ3) is 6.04. The Bertz CT molecular complexity index is 1300. The quantitative estimate of drug-likeness (QED) is 0.454. The summed E-state index contributed by atoms with van der Waals surface area (Å²) in [6, 6.07) is 18.9. The van der Waals surface area contributed by atoms with Crippen molar-refractivity contribution in [3.05, 3.63) is 93.5 Å². The molecule has 3 aromatic rings. The van der Waals surface area contributed by atoms with E-state index < -0.39 is 0 Å². The van der Waals surface area contributed by atoms with Gasteiger partial charge in [0.2, 0.25) is 0 Å². The maximum atomic E-state index is 12.9. The highest BCUT2D eigenvalue weighted by Gasteiger charge is 2.24. The van der Waals surface area contributed by atoms with Crippen LogP contribution in [-0.4, -0.2) is 48.0 Å². The number of nitrogens with one attached hydrogen (secondary N) is 2. The first-order valence-corrected chi connectivity index (χ1v) is 12.6. The standard InChI is InChI=1S/C28H29ClN4O2S/c1-18-14-19(2)16-21(15-18)26(34)31-28(36)30-22-8-9-25(24(29)17-22)32-10-12-33(13-11-32)27(35)23-7-5-4-6-20(23)3/h4-9,14-17H,10-13H2,1-3H3,(H2,30,31,34,36). The molecule has 1 heterocycles. The Morgan fingerprint density at radius 3 is 2.19 bits per heavy atom. The molecule has 0 unspecified atom stereocenters.